The number of esters is 1. The van der Waals surface area contributed by atoms with Crippen molar-refractivity contribution in [3.63, 3.8) is 0 Å². The first-order valence-corrected chi connectivity index (χ1v) is 10.2. The van der Waals surface area contributed by atoms with Crippen molar-refractivity contribution in [1.29, 1.82) is 5.26 Å². The second-order valence-corrected chi connectivity index (χ2v) is 7.64. The van der Waals surface area contributed by atoms with Gasteiger partial charge >= 0.3 is 5.97 Å². The van der Waals surface area contributed by atoms with E-state index < -0.39 is 6.04 Å². The number of hydrogen-bond acceptors (Lipinski definition) is 8. The number of nitriles is 1. The van der Waals surface area contributed by atoms with Crippen molar-refractivity contribution in [2.75, 3.05) is 12.9 Å². The predicted molar refractivity (Wildman–Crippen MR) is 99.2 cm³/mol. The molecule has 2 aliphatic heterocycles. The number of thioether (sulfide) groups is 2. The number of nitrogens with zero attached hydrogens (tertiary/aromatic N) is 2. The first-order chi connectivity index (χ1) is 12.2. The lowest BCUT2D eigenvalue weighted by molar-refractivity contribution is -0.147. The standard InChI is InChI=1S/C17H20N4O2S2/c1-3-23-17(22)13-9-14(25-11-7-5-4-6-8-11)21-15(19-13)12(10-18)16(20-21)24-2/h4-8,13-15,19-20H,3,9H2,1-2H3. The van der Waals surface area contributed by atoms with Crippen molar-refractivity contribution >= 4 is 29.5 Å². The van der Waals surface area contributed by atoms with E-state index in [2.05, 4.69) is 16.8 Å². The molecule has 1 saturated heterocycles. The molecule has 1 aromatic rings. The molecule has 8 heteroatoms. The van der Waals surface area contributed by atoms with Crippen LogP contribution in [0.2, 0.25) is 0 Å². The minimum atomic E-state index is -0.436. The predicted octanol–water partition coefficient (Wildman–Crippen LogP) is 2.27. The second kappa shape index (κ2) is 8.15. The van der Waals surface area contributed by atoms with Crippen LogP contribution >= 0.6 is 23.5 Å². The number of hydrazine groups is 1. The summed E-state index contributed by atoms with van der Waals surface area (Å²) in [7, 11) is 0. The van der Waals surface area contributed by atoms with Crippen molar-refractivity contribution in [2.45, 2.75) is 35.8 Å². The summed E-state index contributed by atoms with van der Waals surface area (Å²) in [6.45, 7) is 2.14. The number of nitrogens with one attached hydrogen (secondary N) is 2. The van der Waals surface area contributed by atoms with E-state index in [1.807, 2.05) is 41.6 Å². The summed E-state index contributed by atoms with van der Waals surface area (Å²) in [5.41, 5.74) is 3.93. The van der Waals surface area contributed by atoms with Crippen LogP contribution in [0.4, 0.5) is 0 Å². The molecule has 2 heterocycles. The zero-order valence-corrected chi connectivity index (χ0v) is 15.7. The lowest BCUT2D eigenvalue weighted by atomic mass is 10.1. The molecule has 0 aromatic heterocycles. The molecule has 6 nitrogen and oxygen atoms in total. The molecule has 0 saturated carbocycles. The van der Waals surface area contributed by atoms with E-state index in [-0.39, 0.29) is 17.5 Å². The molecule has 1 fully saturated rings. The molecule has 3 atom stereocenters. The lowest BCUT2D eigenvalue weighted by Crippen LogP contribution is -2.62. The van der Waals surface area contributed by atoms with Gasteiger partial charge in [0, 0.05) is 11.3 Å². The summed E-state index contributed by atoms with van der Waals surface area (Å²) in [5.74, 6) is -0.268. The molecule has 2 aliphatic rings. The summed E-state index contributed by atoms with van der Waals surface area (Å²) < 4.78 is 5.20. The van der Waals surface area contributed by atoms with Gasteiger partial charge in [-0.2, -0.15) is 10.3 Å². The molecule has 1 aromatic carbocycles. The molecule has 3 rings (SSSR count). The van der Waals surface area contributed by atoms with Crippen molar-refractivity contribution in [3.05, 3.63) is 40.9 Å². The normalized spacial score (nSPS) is 25.9. The van der Waals surface area contributed by atoms with Gasteiger partial charge in [0.25, 0.3) is 0 Å². The number of hydrogen-bond donors (Lipinski definition) is 2. The average Bonchev–Trinajstić information content (AvgIpc) is 3.00. The maximum Gasteiger partial charge on any atom is 0.323 e. The molecule has 0 aliphatic carbocycles. The van der Waals surface area contributed by atoms with Gasteiger partial charge in [-0.25, -0.2) is 0 Å². The van der Waals surface area contributed by atoms with Gasteiger partial charge in [0.2, 0.25) is 0 Å². The Hall–Kier alpha value is -1.66. The smallest absolute Gasteiger partial charge is 0.323 e. The molecule has 0 amide bonds. The Morgan fingerprint density at radius 2 is 2.20 bits per heavy atom. The largest absolute Gasteiger partial charge is 0.465 e. The van der Waals surface area contributed by atoms with E-state index in [0.29, 0.717) is 18.6 Å². The summed E-state index contributed by atoms with van der Waals surface area (Å²) in [5, 5.41) is 15.7. The van der Waals surface area contributed by atoms with E-state index in [1.54, 1.807) is 18.7 Å². The van der Waals surface area contributed by atoms with Crippen LogP contribution in [0.1, 0.15) is 13.3 Å². The monoisotopic (exact) mass is 376 g/mol. The van der Waals surface area contributed by atoms with E-state index in [4.69, 9.17) is 4.74 Å². The molecule has 3 unspecified atom stereocenters. The maximum atomic E-state index is 12.3. The van der Waals surface area contributed by atoms with Crippen LogP contribution in [-0.4, -0.2) is 41.4 Å². The fourth-order valence-corrected chi connectivity index (χ4v) is 4.70. The number of rotatable bonds is 5. The maximum absolute atomic E-state index is 12.3. The Bertz CT molecular complexity index is 704. The molecule has 0 spiro atoms. The van der Waals surface area contributed by atoms with Gasteiger partial charge < -0.3 is 10.2 Å². The Labute approximate surface area is 155 Å². The van der Waals surface area contributed by atoms with E-state index in [1.165, 1.54) is 11.8 Å². The molecular weight excluding hydrogens is 356 g/mol. The highest BCUT2D eigenvalue weighted by atomic mass is 32.2. The van der Waals surface area contributed by atoms with Crippen LogP contribution in [0, 0.1) is 11.3 Å². The summed E-state index contributed by atoms with van der Waals surface area (Å²) in [4.78, 5) is 13.4. The topological polar surface area (TPSA) is 77.4 Å². The van der Waals surface area contributed by atoms with Crippen molar-refractivity contribution in [1.82, 2.24) is 15.8 Å². The highest BCUT2D eigenvalue weighted by Crippen LogP contribution is 2.37. The number of carbonyl (C=O) groups excluding carboxylic acids is 1. The minimum absolute atomic E-state index is 0.00365. The van der Waals surface area contributed by atoms with Gasteiger partial charge in [-0.1, -0.05) is 18.2 Å². The SMILES string of the molecule is CCOC(=O)C1CC(Sc2ccccc2)N2NC(SC)=C(C#N)C2N1. The molecule has 132 valence electrons. The molecule has 25 heavy (non-hydrogen) atoms. The fraction of sp³-hybridized carbons (Fsp3) is 0.412. The van der Waals surface area contributed by atoms with Crippen molar-refractivity contribution in [2.24, 2.45) is 0 Å². The summed E-state index contributed by atoms with van der Waals surface area (Å²) in [6, 6.07) is 11.9. The second-order valence-electron chi connectivity index (χ2n) is 5.57. The third-order valence-electron chi connectivity index (χ3n) is 4.04. The average molecular weight is 377 g/mol. The van der Waals surface area contributed by atoms with Crippen LogP contribution in [-0.2, 0) is 9.53 Å². The van der Waals surface area contributed by atoms with E-state index >= 15 is 0 Å². The summed E-state index contributed by atoms with van der Waals surface area (Å²) in [6.07, 6.45) is 2.18. The first-order valence-electron chi connectivity index (χ1n) is 8.05. The highest BCUT2D eigenvalue weighted by molar-refractivity contribution is 8.02. The number of benzene rings is 1. The van der Waals surface area contributed by atoms with Crippen LogP contribution in [0.5, 0.6) is 0 Å². The minimum Gasteiger partial charge on any atom is -0.465 e. The molecule has 2 N–H and O–H groups in total. The zero-order chi connectivity index (χ0) is 17.8. The third-order valence-corrected chi connectivity index (χ3v) is 6.00. The van der Waals surface area contributed by atoms with Gasteiger partial charge in [-0.15, -0.1) is 23.5 Å². The molecule has 0 bridgehead atoms. The van der Waals surface area contributed by atoms with Crippen molar-refractivity contribution in [3.8, 4) is 6.07 Å². The third kappa shape index (κ3) is 3.80. The summed E-state index contributed by atoms with van der Waals surface area (Å²) >= 11 is 3.17. The highest BCUT2D eigenvalue weighted by Gasteiger charge is 2.45. The van der Waals surface area contributed by atoms with Crippen LogP contribution in [0.15, 0.2) is 45.8 Å². The van der Waals surface area contributed by atoms with E-state index in [9.17, 15) is 10.1 Å². The number of fused-ring (bicyclic) bond motifs is 1. The van der Waals surface area contributed by atoms with Gasteiger partial charge in [0.05, 0.1) is 22.6 Å². The lowest BCUT2D eigenvalue weighted by Gasteiger charge is -2.40. The van der Waals surface area contributed by atoms with Gasteiger partial charge in [-0.3, -0.25) is 10.1 Å². The van der Waals surface area contributed by atoms with Crippen LogP contribution in [0.3, 0.4) is 0 Å². The van der Waals surface area contributed by atoms with Gasteiger partial charge in [-0.05, 0) is 25.3 Å². The Morgan fingerprint density at radius 3 is 2.84 bits per heavy atom. The Morgan fingerprint density at radius 1 is 1.44 bits per heavy atom. The molecule has 0 radical (unpaired) electrons. The molecular formula is C17H20N4O2S2. The Balaban J connectivity index is 1.86. The van der Waals surface area contributed by atoms with Gasteiger partial charge in [0.15, 0.2) is 0 Å². The number of ether oxygens (including phenoxy) is 1. The van der Waals surface area contributed by atoms with Crippen LogP contribution in [0.25, 0.3) is 0 Å². The number of carbonyl (C=O) groups is 1. The quantitative estimate of drug-likeness (QED) is 0.758. The zero-order valence-electron chi connectivity index (χ0n) is 14.1. The van der Waals surface area contributed by atoms with Gasteiger partial charge in [0.1, 0.15) is 18.3 Å². The van der Waals surface area contributed by atoms with Crippen LogP contribution < -0.4 is 10.7 Å². The fourth-order valence-electron chi connectivity index (χ4n) is 2.92. The first kappa shape index (κ1) is 18.1. The Kier molecular flexibility index (Phi) is 5.91. The van der Waals surface area contributed by atoms with Crippen molar-refractivity contribution < 1.29 is 9.53 Å². The van der Waals surface area contributed by atoms with E-state index in [0.717, 1.165) is 9.92 Å².